The van der Waals surface area contributed by atoms with Gasteiger partial charge in [0.2, 0.25) is 0 Å². The van der Waals surface area contributed by atoms with Gasteiger partial charge in [0.05, 0.1) is 13.7 Å². The third-order valence-corrected chi connectivity index (χ3v) is 2.13. The Morgan fingerprint density at radius 3 is 2.73 bits per heavy atom. The number of rotatable bonds is 2. The minimum Gasteiger partial charge on any atom is -0.464 e. The van der Waals surface area contributed by atoms with Gasteiger partial charge in [-0.2, -0.15) is 0 Å². The summed E-state index contributed by atoms with van der Waals surface area (Å²) in [6.07, 6.45) is -0.516. The quantitative estimate of drug-likeness (QED) is 0.477. The molecule has 0 aromatic rings. The van der Waals surface area contributed by atoms with Gasteiger partial charge in [-0.3, -0.25) is 9.69 Å². The maximum atomic E-state index is 11.4. The molecular formula is C9H13NO5. The summed E-state index contributed by atoms with van der Waals surface area (Å²) in [4.78, 5) is 35.1. The number of esters is 1. The first-order chi connectivity index (χ1) is 7.11. The number of Topliss-reactive ketones (excluding diaryl/α,β-unsaturated/α-hetero) is 1. The number of nitrogens with zero attached hydrogens (tertiary/aromatic N) is 1. The number of methoxy groups -OCH3 is 1. The predicted octanol–water partition coefficient (Wildman–Crippen LogP) is -0.0407. The van der Waals surface area contributed by atoms with E-state index in [1.807, 2.05) is 0 Å². The maximum absolute atomic E-state index is 11.4. The van der Waals surface area contributed by atoms with Crippen molar-refractivity contribution in [3.63, 3.8) is 0 Å². The molecule has 0 aromatic carbocycles. The molecule has 1 saturated heterocycles. The van der Waals surface area contributed by atoms with E-state index in [1.165, 1.54) is 7.11 Å². The van der Waals surface area contributed by atoms with Crippen molar-refractivity contribution in [1.29, 1.82) is 0 Å². The van der Waals surface area contributed by atoms with Crippen LogP contribution in [0, 0.1) is 0 Å². The summed E-state index contributed by atoms with van der Waals surface area (Å²) in [6, 6.07) is -1.13. The molecule has 0 spiro atoms. The molecular weight excluding hydrogens is 202 g/mol. The molecule has 0 bridgehead atoms. The zero-order valence-corrected chi connectivity index (χ0v) is 8.69. The average molecular weight is 215 g/mol. The normalized spacial score (nSPS) is 20.3. The molecule has 1 heterocycles. The highest BCUT2D eigenvalue weighted by molar-refractivity contribution is 6.07. The Bertz CT molecular complexity index is 288. The maximum Gasteiger partial charge on any atom is 0.410 e. The van der Waals surface area contributed by atoms with Crippen molar-refractivity contribution in [2.24, 2.45) is 0 Å². The van der Waals surface area contributed by atoms with Crippen molar-refractivity contribution in [3.05, 3.63) is 0 Å². The molecule has 0 N–H and O–H groups in total. The van der Waals surface area contributed by atoms with E-state index >= 15 is 0 Å². The van der Waals surface area contributed by atoms with Crippen LogP contribution in [0.2, 0.25) is 0 Å². The second-order valence-electron chi connectivity index (χ2n) is 3.03. The van der Waals surface area contributed by atoms with Gasteiger partial charge in [-0.05, 0) is 6.92 Å². The number of carbonyl (C=O) groups is 3. The van der Waals surface area contributed by atoms with Gasteiger partial charge in [0.25, 0.3) is 0 Å². The molecule has 1 aliphatic heterocycles. The molecule has 1 aliphatic rings. The Morgan fingerprint density at radius 2 is 2.20 bits per heavy atom. The van der Waals surface area contributed by atoms with Gasteiger partial charge in [-0.15, -0.1) is 0 Å². The van der Waals surface area contributed by atoms with E-state index in [-0.39, 0.29) is 25.4 Å². The molecule has 0 saturated carbocycles. The van der Waals surface area contributed by atoms with Crippen molar-refractivity contribution in [3.8, 4) is 0 Å². The highest BCUT2D eigenvalue weighted by Gasteiger charge is 2.42. The number of likely N-dealkylation sites (tertiary alicyclic amines) is 1. The fourth-order valence-corrected chi connectivity index (χ4v) is 1.46. The number of hydrogen-bond donors (Lipinski definition) is 0. The van der Waals surface area contributed by atoms with Crippen LogP contribution >= 0.6 is 0 Å². The number of carbonyl (C=O) groups excluding carboxylic acids is 3. The summed E-state index contributed by atoms with van der Waals surface area (Å²) in [6.45, 7) is 2.02. The van der Waals surface area contributed by atoms with Crippen LogP contribution in [0.3, 0.4) is 0 Å². The topological polar surface area (TPSA) is 72.9 Å². The molecule has 1 atom stereocenters. The van der Waals surface area contributed by atoms with Gasteiger partial charge in [0.1, 0.15) is 0 Å². The Morgan fingerprint density at radius 1 is 1.53 bits per heavy atom. The standard InChI is InChI=1S/C9H13NO5/c1-3-15-8(12)7-6(11)4-5-10(7)9(13)14-2/h7H,3-5H2,1-2H3. The smallest absolute Gasteiger partial charge is 0.410 e. The summed E-state index contributed by atoms with van der Waals surface area (Å²) < 4.78 is 9.18. The highest BCUT2D eigenvalue weighted by Crippen LogP contribution is 2.16. The second kappa shape index (κ2) is 4.77. The van der Waals surface area contributed by atoms with Crippen molar-refractivity contribution in [2.75, 3.05) is 20.3 Å². The largest absolute Gasteiger partial charge is 0.464 e. The van der Waals surface area contributed by atoms with Crippen LogP contribution in [0.4, 0.5) is 4.79 Å². The molecule has 6 nitrogen and oxygen atoms in total. The second-order valence-corrected chi connectivity index (χ2v) is 3.03. The van der Waals surface area contributed by atoms with Gasteiger partial charge in [0, 0.05) is 13.0 Å². The molecule has 6 heteroatoms. The summed E-state index contributed by atoms with van der Waals surface area (Å²) >= 11 is 0. The van der Waals surface area contributed by atoms with Crippen molar-refractivity contribution in [1.82, 2.24) is 4.90 Å². The molecule has 0 aromatic heterocycles. The van der Waals surface area contributed by atoms with E-state index in [0.29, 0.717) is 0 Å². The van der Waals surface area contributed by atoms with Gasteiger partial charge >= 0.3 is 12.1 Å². The van der Waals surface area contributed by atoms with Crippen molar-refractivity contribution in [2.45, 2.75) is 19.4 Å². The minimum absolute atomic E-state index is 0.165. The number of amides is 1. The van der Waals surface area contributed by atoms with Gasteiger partial charge in [-0.1, -0.05) is 0 Å². The Hall–Kier alpha value is -1.59. The third kappa shape index (κ3) is 2.26. The summed E-state index contributed by atoms with van der Waals surface area (Å²) in [5.41, 5.74) is 0. The van der Waals surface area contributed by atoms with E-state index in [2.05, 4.69) is 4.74 Å². The SMILES string of the molecule is CCOC(=O)C1C(=O)CCN1C(=O)OC. The lowest BCUT2D eigenvalue weighted by atomic mass is 10.2. The van der Waals surface area contributed by atoms with Crippen LogP contribution in [-0.4, -0.2) is 49.0 Å². The van der Waals surface area contributed by atoms with Crippen LogP contribution in [0.15, 0.2) is 0 Å². The fraction of sp³-hybridized carbons (Fsp3) is 0.667. The van der Waals surface area contributed by atoms with E-state index in [9.17, 15) is 14.4 Å². The van der Waals surface area contributed by atoms with Crippen molar-refractivity contribution < 1.29 is 23.9 Å². The van der Waals surface area contributed by atoms with Crippen LogP contribution < -0.4 is 0 Å². The van der Waals surface area contributed by atoms with E-state index in [1.54, 1.807) is 6.92 Å². The van der Waals surface area contributed by atoms with E-state index in [0.717, 1.165) is 4.90 Å². The Kier molecular flexibility index (Phi) is 3.65. The predicted molar refractivity (Wildman–Crippen MR) is 49.2 cm³/mol. The number of ketones is 1. The third-order valence-electron chi connectivity index (χ3n) is 2.13. The first-order valence-electron chi connectivity index (χ1n) is 4.65. The average Bonchev–Trinajstić information content (AvgIpc) is 2.59. The fourth-order valence-electron chi connectivity index (χ4n) is 1.46. The summed E-state index contributed by atoms with van der Waals surface area (Å²) in [5.74, 6) is -0.996. The molecule has 1 amide bonds. The number of ether oxygens (including phenoxy) is 2. The summed E-state index contributed by atoms with van der Waals surface area (Å²) in [7, 11) is 1.20. The Labute approximate surface area is 87.1 Å². The van der Waals surface area contributed by atoms with E-state index in [4.69, 9.17) is 4.74 Å². The molecule has 0 radical (unpaired) electrons. The van der Waals surface area contributed by atoms with Crippen LogP contribution in [0.5, 0.6) is 0 Å². The van der Waals surface area contributed by atoms with Gasteiger partial charge in [0.15, 0.2) is 11.8 Å². The molecule has 1 fully saturated rings. The van der Waals surface area contributed by atoms with Gasteiger partial charge < -0.3 is 9.47 Å². The first kappa shape index (κ1) is 11.5. The molecule has 1 unspecified atom stereocenters. The molecule has 15 heavy (non-hydrogen) atoms. The lowest BCUT2D eigenvalue weighted by Gasteiger charge is -2.19. The van der Waals surface area contributed by atoms with Crippen LogP contribution in [-0.2, 0) is 19.1 Å². The lowest BCUT2D eigenvalue weighted by Crippen LogP contribution is -2.44. The molecule has 0 aliphatic carbocycles. The Balaban J connectivity index is 2.77. The monoisotopic (exact) mass is 215 g/mol. The van der Waals surface area contributed by atoms with Gasteiger partial charge in [-0.25, -0.2) is 9.59 Å². The highest BCUT2D eigenvalue weighted by atomic mass is 16.6. The molecule has 84 valence electrons. The van der Waals surface area contributed by atoms with Crippen molar-refractivity contribution >= 4 is 17.8 Å². The number of hydrogen-bond acceptors (Lipinski definition) is 5. The van der Waals surface area contributed by atoms with Crippen LogP contribution in [0.1, 0.15) is 13.3 Å². The zero-order chi connectivity index (χ0) is 11.4. The zero-order valence-electron chi connectivity index (χ0n) is 8.69. The lowest BCUT2D eigenvalue weighted by molar-refractivity contribution is -0.150. The minimum atomic E-state index is -1.13. The molecule has 1 rings (SSSR count). The first-order valence-corrected chi connectivity index (χ1v) is 4.65. The summed E-state index contributed by atoms with van der Waals surface area (Å²) in [5, 5.41) is 0. The van der Waals surface area contributed by atoms with Crippen LogP contribution in [0.25, 0.3) is 0 Å². The van der Waals surface area contributed by atoms with E-state index < -0.39 is 18.1 Å².